The Kier molecular flexibility index (Phi) is 18.4. The molecule has 6 unspecified atom stereocenters. The third kappa shape index (κ3) is 14.8. The molecule has 0 radical (unpaired) electrons. The first-order valence-electron chi connectivity index (χ1n) is 16.1. The fraction of sp³-hybridized carbons (Fsp3) is 0.656. The molecule has 2 saturated heterocycles. The summed E-state index contributed by atoms with van der Waals surface area (Å²) >= 11 is 0. The third-order valence-corrected chi connectivity index (χ3v) is 7.48. The summed E-state index contributed by atoms with van der Waals surface area (Å²) in [5.41, 5.74) is -8.20. The van der Waals surface area contributed by atoms with Gasteiger partial charge in [-0.15, -0.1) is 0 Å². The zero-order chi connectivity index (χ0) is 49.7. The molecule has 0 aliphatic carbocycles. The van der Waals surface area contributed by atoms with Gasteiger partial charge in [-0.3, -0.25) is 0 Å². The largest absolute Gasteiger partial charge is 0.440 e. The van der Waals surface area contributed by atoms with Gasteiger partial charge in [0.15, 0.2) is 6.29 Å². The van der Waals surface area contributed by atoms with Gasteiger partial charge in [0, 0.05) is 41.4 Å². The molecule has 358 valence electrons. The molecule has 2 aliphatic heterocycles. The summed E-state index contributed by atoms with van der Waals surface area (Å²) in [5.74, 6) is -11.3. The molecule has 0 spiro atoms. The van der Waals surface area contributed by atoms with Gasteiger partial charge in [-0.1, -0.05) is 33.6 Å². The maximum atomic E-state index is 13.4. The van der Waals surface area contributed by atoms with Crippen LogP contribution in [-0.4, -0.2) is 108 Å². The molecule has 0 aromatic carbocycles. The predicted octanol–water partition coefficient (Wildman–Crippen LogP) is 7.73. The molecule has 1 N–H and O–H groups in total. The molecule has 0 aromatic rings. The topological polar surface area (TPSA) is 161 Å². The standard InChI is InChI=1S/C14H13F9O5.C10H9F9O4.C8H10O3/c1-5(2)7(24)26-8-6(3)4-11(28-8,14(21,22)23)10(25)27-9(12(15,16)17)13(18,19)20;1-3-2-7(10(17,18)19,23-4(3)20)6(21)22-5(8(11,12)13)9(14,15)16;1-5(2)7(9)11-8(10)6(3)4/h6,8-9H,1,4H2,2-3H3;3-5,20H,2H2,1H3;1,3H2,2,4H3. The van der Waals surface area contributed by atoms with Crippen LogP contribution in [0.25, 0.3) is 0 Å². The van der Waals surface area contributed by atoms with E-state index in [2.05, 4.69) is 48.2 Å². The molecule has 0 saturated carbocycles. The molecular weight excluding hydrogens is 918 g/mol. The minimum atomic E-state index is -6.23. The molecular formula is C32H32F18O12. The van der Waals surface area contributed by atoms with Gasteiger partial charge in [-0.05, 0) is 20.8 Å². The highest BCUT2D eigenvalue weighted by Crippen LogP contribution is 2.50. The van der Waals surface area contributed by atoms with Gasteiger partial charge in [0.2, 0.25) is 6.29 Å². The Morgan fingerprint density at radius 1 is 0.548 bits per heavy atom. The van der Waals surface area contributed by atoms with E-state index in [0.29, 0.717) is 0 Å². The number of carbonyl (C=O) groups excluding carboxylic acids is 5. The Morgan fingerprint density at radius 2 is 0.839 bits per heavy atom. The molecule has 2 aliphatic rings. The minimum absolute atomic E-state index is 0.194. The lowest BCUT2D eigenvalue weighted by Gasteiger charge is -2.31. The lowest BCUT2D eigenvalue weighted by atomic mass is 9.94. The molecule has 2 heterocycles. The lowest BCUT2D eigenvalue weighted by Crippen LogP contribution is -2.57. The summed E-state index contributed by atoms with van der Waals surface area (Å²) in [6.07, 6.45) is -53.0. The number of carbonyl (C=O) groups is 5. The van der Waals surface area contributed by atoms with Gasteiger partial charge in [0.25, 0.3) is 23.4 Å². The second-order valence-corrected chi connectivity index (χ2v) is 13.2. The van der Waals surface area contributed by atoms with E-state index in [1.807, 2.05) is 0 Å². The Balaban J connectivity index is 0.000000982. The summed E-state index contributed by atoms with van der Waals surface area (Å²) in [6.45, 7) is 15.7. The van der Waals surface area contributed by atoms with Crippen molar-refractivity contribution in [2.24, 2.45) is 11.8 Å². The SMILES string of the molecule is C=C(C)C(=O)OC(=O)C(=C)C.C=C(C)C(=O)OC1OC(C(=O)OC(C(F)(F)F)C(F)(F)F)(C(F)(F)F)CC1C.CC1CC(C(=O)OC(C(F)(F)F)C(F)(F)F)(C(F)(F)F)OC1O. The van der Waals surface area contributed by atoms with Crippen LogP contribution in [0.5, 0.6) is 0 Å². The predicted molar refractivity (Wildman–Crippen MR) is 163 cm³/mol. The van der Waals surface area contributed by atoms with Crippen molar-refractivity contribution in [3.63, 3.8) is 0 Å². The first kappa shape index (κ1) is 57.4. The number of halogens is 18. The molecule has 2 fully saturated rings. The van der Waals surface area contributed by atoms with Crippen LogP contribution < -0.4 is 0 Å². The highest BCUT2D eigenvalue weighted by molar-refractivity contribution is 6.00. The fourth-order valence-corrected chi connectivity index (χ4v) is 4.34. The summed E-state index contributed by atoms with van der Waals surface area (Å²) < 4.78 is 251. The molecule has 6 atom stereocenters. The third-order valence-electron chi connectivity index (χ3n) is 7.48. The molecule has 62 heavy (non-hydrogen) atoms. The summed E-state index contributed by atoms with van der Waals surface area (Å²) in [7, 11) is 0. The number of aliphatic hydroxyl groups is 1. The van der Waals surface area contributed by atoms with E-state index in [4.69, 9.17) is 5.11 Å². The van der Waals surface area contributed by atoms with Gasteiger partial charge in [0.05, 0.1) is 0 Å². The van der Waals surface area contributed by atoms with Crippen molar-refractivity contribution in [2.45, 2.75) is 121 Å². The zero-order valence-corrected chi connectivity index (χ0v) is 31.7. The molecule has 0 amide bonds. The monoisotopic (exact) mass is 950 g/mol. The highest BCUT2D eigenvalue weighted by Gasteiger charge is 2.72. The van der Waals surface area contributed by atoms with Crippen molar-refractivity contribution < 1.29 is 137 Å². The number of alkyl halides is 18. The van der Waals surface area contributed by atoms with Gasteiger partial charge >= 0.3 is 66.9 Å². The van der Waals surface area contributed by atoms with Crippen LogP contribution >= 0.6 is 0 Å². The van der Waals surface area contributed by atoms with E-state index in [1.54, 1.807) is 0 Å². The maximum absolute atomic E-state index is 13.4. The Hall–Kier alpha value is -4.61. The van der Waals surface area contributed by atoms with E-state index in [9.17, 15) is 103 Å². The van der Waals surface area contributed by atoms with Crippen LogP contribution in [0.15, 0.2) is 36.5 Å². The van der Waals surface area contributed by atoms with Crippen molar-refractivity contribution in [3.8, 4) is 0 Å². The minimum Gasteiger partial charge on any atom is -0.440 e. The van der Waals surface area contributed by atoms with Crippen molar-refractivity contribution >= 4 is 29.8 Å². The van der Waals surface area contributed by atoms with Crippen molar-refractivity contribution in [2.75, 3.05) is 0 Å². The average Bonchev–Trinajstić information content (AvgIpc) is 3.56. The van der Waals surface area contributed by atoms with Crippen LogP contribution in [0.1, 0.15) is 47.5 Å². The number of esters is 5. The second kappa shape index (κ2) is 19.8. The number of rotatable bonds is 8. The molecule has 30 heteroatoms. The number of aliphatic hydroxyl groups excluding tert-OH is 1. The molecule has 0 aromatic heterocycles. The van der Waals surface area contributed by atoms with Crippen LogP contribution in [0.3, 0.4) is 0 Å². The van der Waals surface area contributed by atoms with E-state index in [0.717, 1.165) is 20.8 Å². The normalized spacial score (nSPS) is 24.5. The summed E-state index contributed by atoms with van der Waals surface area (Å²) in [4.78, 5) is 56.0. The summed E-state index contributed by atoms with van der Waals surface area (Å²) in [5, 5.41) is 9.12. The maximum Gasteiger partial charge on any atom is 0.434 e. The first-order chi connectivity index (χ1) is 27.3. The molecule has 2 rings (SSSR count). The number of hydrogen-bond acceptors (Lipinski definition) is 12. The lowest BCUT2D eigenvalue weighted by molar-refractivity contribution is -0.331. The van der Waals surface area contributed by atoms with Crippen LogP contribution in [0, 0.1) is 11.8 Å². The van der Waals surface area contributed by atoms with Crippen molar-refractivity contribution in [1.29, 1.82) is 0 Å². The number of hydrogen-bond donors (Lipinski definition) is 1. The van der Waals surface area contributed by atoms with Gasteiger partial charge < -0.3 is 33.5 Å². The molecule has 12 nitrogen and oxygen atoms in total. The Bertz CT molecular complexity index is 1630. The average molecular weight is 951 g/mol. The Morgan fingerprint density at radius 3 is 1.08 bits per heavy atom. The van der Waals surface area contributed by atoms with E-state index < -0.39 is 128 Å². The van der Waals surface area contributed by atoms with Crippen LogP contribution in [0.2, 0.25) is 0 Å². The highest BCUT2D eigenvalue weighted by atomic mass is 19.4. The van der Waals surface area contributed by atoms with Crippen LogP contribution in [-0.2, 0) is 52.4 Å². The Labute approximate surface area is 335 Å². The smallest absolute Gasteiger partial charge is 0.434 e. The van der Waals surface area contributed by atoms with Gasteiger partial charge in [-0.2, -0.15) is 79.0 Å². The van der Waals surface area contributed by atoms with Crippen molar-refractivity contribution in [1.82, 2.24) is 0 Å². The van der Waals surface area contributed by atoms with E-state index >= 15 is 0 Å². The fourth-order valence-electron chi connectivity index (χ4n) is 4.34. The van der Waals surface area contributed by atoms with E-state index in [1.165, 1.54) is 13.8 Å². The van der Waals surface area contributed by atoms with Crippen LogP contribution in [0.4, 0.5) is 79.0 Å². The summed E-state index contributed by atoms with van der Waals surface area (Å²) in [6, 6.07) is 0. The van der Waals surface area contributed by atoms with Gasteiger partial charge in [0.1, 0.15) is 0 Å². The zero-order valence-electron chi connectivity index (χ0n) is 31.7. The van der Waals surface area contributed by atoms with E-state index in [-0.39, 0.29) is 16.7 Å². The van der Waals surface area contributed by atoms with Crippen molar-refractivity contribution in [3.05, 3.63) is 36.5 Å². The molecule has 0 bridgehead atoms. The number of ether oxygens (including phenoxy) is 6. The van der Waals surface area contributed by atoms with Gasteiger partial charge in [-0.25, -0.2) is 24.0 Å². The first-order valence-corrected chi connectivity index (χ1v) is 16.1. The quantitative estimate of drug-likeness (QED) is 0.0831. The second-order valence-electron chi connectivity index (χ2n) is 13.2.